The third-order valence-electron chi connectivity index (χ3n) is 2.61. The molecule has 1 unspecified atom stereocenters. The Morgan fingerprint density at radius 3 is 2.54 bits per heavy atom. The van der Waals surface area contributed by atoms with Crippen molar-refractivity contribution in [2.75, 3.05) is 25.4 Å². The lowest BCUT2D eigenvalue weighted by molar-refractivity contribution is 0.0644. The number of thiol groups is 1. The summed E-state index contributed by atoms with van der Waals surface area (Å²) in [5.74, 6) is 0.894. The van der Waals surface area contributed by atoms with Gasteiger partial charge in [-0.25, -0.2) is 0 Å². The Morgan fingerprint density at radius 2 is 2.15 bits per heavy atom. The van der Waals surface area contributed by atoms with Crippen LogP contribution in [0.3, 0.4) is 0 Å². The third-order valence-corrected chi connectivity index (χ3v) is 3.47. The van der Waals surface area contributed by atoms with E-state index in [1.165, 1.54) is 0 Å². The van der Waals surface area contributed by atoms with Crippen molar-refractivity contribution in [3.8, 4) is 0 Å². The molecule has 3 heteroatoms. The Morgan fingerprint density at radius 1 is 1.54 bits per heavy atom. The van der Waals surface area contributed by atoms with Crippen LogP contribution in [0.1, 0.15) is 27.2 Å². The molecule has 1 aliphatic heterocycles. The molecule has 0 aromatic carbocycles. The Kier molecular flexibility index (Phi) is 3.31. The Bertz CT molecular complexity index is 180. The first-order chi connectivity index (χ1) is 5.85. The summed E-state index contributed by atoms with van der Waals surface area (Å²) < 4.78 is 0. The summed E-state index contributed by atoms with van der Waals surface area (Å²) in [5.41, 5.74) is -0.212. The van der Waals surface area contributed by atoms with Crippen LogP contribution >= 0.6 is 12.6 Å². The standard InChI is InChI=1S/C10H21NOS/c1-9(2,8-13)6-11-5-4-10(3,12)7-11/h12-13H,4-8H2,1-3H3. The van der Waals surface area contributed by atoms with E-state index in [0.717, 1.165) is 31.8 Å². The number of β-amino-alcohol motifs (C(OH)–C–C–N with tert-alkyl or cyclic N) is 1. The molecular formula is C10H21NOS. The van der Waals surface area contributed by atoms with E-state index >= 15 is 0 Å². The summed E-state index contributed by atoms with van der Waals surface area (Å²) in [6, 6.07) is 0. The zero-order valence-electron chi connectivity index (χ0n) is 8.88. The molecule has 13 heavy (non-hydrogen) atoms. The molecule has 0 amide bonds. The minimum atomic E-state index is -0.466. The lowest BCUT2D eigenvalue weighted by Gasteiger charge is -2.29. The highest BCUT2D eigenvalue weighted by Crippen LogP contribution is 2.25. The molecule has 1 heterocycles. The van der Waals surface area contributed by atoms with Crippen LogP contribution in [-0.4, -0.2) is 41.0 Å². The minimum Gasteiger partial charge on any atom is -0.389 e. The molecule has 0 aliphatic carbocycles. The van der Waals surface area contributed by atoms with Gasteiger partial charge in [0.2, 0.25) is 0 Å². The summed E-state index contributed by atoms with van der Waals surface area (Å²) >= 11 is 4.33. The number of aliphatic hydroxyl groups is 1. The molecule has 1 N–H and O–H groups in total. The van der Waals surface area contributed by atoms with Crippen molar-refractivity contribution in [1.29, 1.82) is 0 Å². The van der Waals surface area contributed by atoms with Crippen LogP contribution in [0.5, 0.6) is 0 Å². The molecule has 0 radical (unpaired) electrons. The normalized spacial score (nSPS) is 31.2. The average molecular weight is 203 g/mol. The zero-order valence-corrected chi connectivity index (χ0v) is 9.77. The van der Waals surface area contributed by atoms with Gasteiger partial charge in [0.1, 0.15) is 0 Å². The second kappa shape index (κ2) is 3.79. The van der Waals surface area contributed by atoms with E-state index in [1.807, 2.05) is 6.92 Å². The molecule has 1 saturated heterocycles. The van der Waals surface area contributed by atoms with Gasteiger partial charge in [-0.1, -0.05) is 13.8 Å². The molecule has 78 valence electrons. The van der Waals surface area contributed by atoms with Gasteiger partial charge in [0.15, 0.2) is 0 Å². The lowest BCUT2D eigenvalue weighted by atomic mass is 9.96. The van der Waals surface area contributed by atoms with Gasteiger partial charge in [0.25, 0.3) is 0 Å². The van der Waals surface area contributed by atoms with E-state index in [0.29, 0.717) is 0 Å². The lowest BCUT2D eigenvalue weighted by Crippen LogP contribution is -2.36. The molecule has 0 spiro atoms. The Labute approximate surface area is 86.7 Å². The predicted octanol–water partition coefficient (Wildman–Crippen LogP) is 1.40. The van der Waals surface area contributed by atoms with Crippen LogP contribution in [0.2, 0.25) is 0 Å². The van der Waals surface area contributed by atoms with Gasteiger partial charge in [-0.15, -0.1) is 0 Å². The molecule has 1 atom stereocenters. The number of hydrogen-bond donors (Lipinski definition) is 2. The second-order valence-electron chi connectivity index (χ2n) is 5.28. The molecule has 0 saturated carbocycles. The quantitative estimate of drug-likeness (QED) is 0.677. The maximum atomic E-state index is 9.77. The summed E-state index contributed by atoms with van der Waals surface area (Å²) in [7, 11) is 0. The van der Waals surface area contributed by atoms with Crippen molar-refractivity contribution in [3.05, 3.63) is 0 Å². The summed E-state index contributed by atoms with van der Waals surface area (Å²) in [5, 5.41) is 9.77. The topological polar surface area (TPSA) is 23.5 Å². The summed E-state index contributed by atoms with van der Waals surface area (Å²) in [6.45, 7) is 9.21. The third kappa shape index (κ3) is 3.49. The van der Waals surface area contributed by atoms with E-state index < -0.39 is 5.60 Å². The van der Waals surface area contributed by atoms with Crippen LogP contribution in [0.25, 0.3) is 0 Å². The molecule has 2 nitrogen and oxygen atoms in total. The van der Waals surface area contributed by atoms with Crippen LogP contribution in [0, 0.1) is 5.41 Å². The number of nitrogens with zero attached hydrogens (tertiary/aromatic N) is 1. The first-order valence-corrected chi connectivity index (χ1v) is 5.54. The largest absolute Gasteiger partial charge is 0.389 e. The summed E-state index contributed by atoms with van der Waals surface area (Å²) in [4.78, 5) is 2.33. The van der Waals surface area contributed by atoms with Crippen LogP contribution in [-0.2, 0) is 0 Å². The van der Waals surface area contributed by atoms with Gasteiger partial charge >= 0.3 is 0 Å². The smallest absolute Gasteiger partial charge is 0.0758 e. The second-order valence-corrected chi connectivity index (χ2v) is 5.60. The molecule has 0 aromatic heterocycles. The van der Waals surface area contributed by atoms with E-state index in [4.69, 9.17) is 0 Å². The van der Waals surface area contributed by atoms with Gasteiger partial charge < -0.3 is 5.11 Å². The monoisotopic (exact) mass is 203 g/mol. The van der Waals surface area contributed by atoms with Crippen LogP contribution in [0.15, 0.2) is 0 Å². The van der Waals surface area contributed by atoms with Gasteiger partial charge in [-0.05, 0) is 24.5 Å². The average Bonchev–Trinajstić information content (AvgIpc) is 2.29. The fraction of sp³-hybridized carbons (Fsp3) is 1.00. The molecule has 0 aromatic rings. The highest BCUT2D eigenvalue weighted by Gasteiger charge is 2.33. The molecular weight excluding hydrogens is 182 g/mol. The van der Waals surface area contributed by atoms with Gasteiger partial charge in [0.05, 0.1) is 5.60 Å². The predicted molar refractivity (Wildman–Crippen MR) is 59.3 cm³/mol. The van der Waals surface area contributed by atoms with Crippen molar-refractivity contribution >= 4 is 12.6 Å². The van der Waals surface area contributed by atoms with Crippen molar-refractivity contribution in [2.24, 2.45) is 5.41 Å². The molecule has 1 rings (SSSR count). The van der Waals surface area contributed by atoms with E-state index in [9.17, 15) is 5.11 Å². The van der Waals surface area contributed by atoms with Crippen molar-refractivity contribution in [2.45, 2.75) is 32.8 Å². The van der Waals surface area contributed by atoms with Crippen LogP contribution in [0.4, 0.5) is 0 Å². The van der Waals surface area contributed by atoms with Crippen molar-refractivity contribution < 1.29 is 5.11 Å². The van der Waals surface area contributed by atoms with Crippen molar-refractivity contribution in [3.63, 3.8) is 0 Å². The first-order valence-electron chi connectivity index (χ1n) is 4.90. The highest BCUT2D eigenvalue weighted by atomic mass is 32.1. The van der Waals surface area contributed by atoms with E-state index in [2.05, 4.69) is 31.4 Å². The highest BCUT2D eigenvalue weighted by molar-refractivity contribution is 7.80. The van der Waals surface area contributed by atoms with E-state index in [-0.39, 0.29) is 5.41 Å². The summed E-state index contributed by atoms with van der Waals surface area (Å²) in [6.07, 6.45) is 0.898. The molecule has 0 bridgehead atoms. The van der Waals surface area contributed by atoms with Gasteiger partial charge in [-0.3, -0.25) is 4.90 Å². The fourth-order valence-corrected chi connectivity index (χ4v) is 1.93. The van der Waals surface area contributed by atoms with E-state index in [1.54, 1.807) is 0 Å². The first kappa shape index (κ1) is 11.3. The maximum Gasteiger partial charge on any atom is 0.0758 e. The van der Waals surface area contributed by atoms with Crippen LogP contribution < -0.4 is 0 Å². The minimum absolute atomic E-state index is 0.254. The Balaban J connectivity index is 2.40. The number of rotatable bonds is 3. The molecule has 1 aliphatic rings. The fourth-order valence-electron chi connectivity index (χ4n) is 1.83. The van der Waals surface area contributed by atoms with Gasteiger partial charge in [-0.2, -0.15) is 12.6 Å². The zero-order chi connectivity index (χ0) is 10.1. The number of hydrogen-bond acceptors (Lipinski definition) is 3. The maximum absolute atomic E-state index is 9.77. The Hall–Kier alpha value is 0.270. The molecule has 1 fully saturated rings. The van der Waals surface area contributed by atoms with Crippen molar-refractivity contribution in [1.82, 2.24) is 4.90 Å². The number of likely N-dealkylation sites (tertiary alicyclic amines) is 1. The van der Waals surface area contributed by atoms with Gasteiger partial charge in [0, 0.05) is 19.6 Å². The SMILES string of the molecule is CC(C)(CS)CN1CCC(C)(O)C1.